The lowest BCUT2D eigenvalue weighted by Crippen LogP contribution is -2.26. The van der Waals surface area contributed by atoms with Gasteiger partial charge in [0.15, 0.2) is 6.10 Å². The quantitative estimate of drug-likeness (QED) is 0.646. The Kier molecular flexibility index (Phi) is 7.22. The minimum absolute atomic E-state index is 0.291. The van der Waals surface area contributed by atoms with Gasteiger partial charge in [-0.2, -0.15) is 0 Å². The van der Waals surface area contributed by atoms with Crippen LogP contribution in [0.2, 0.25) is 0 Å². The van der Waals surface area contributed by atoms with Gasteiger partial charge in [0, 0.05) is 13.1 Å². The van der Waals surface area contributed by atoms with Crippen molar-refractivity contribution in [3.63, 3.8) is 0 Å². The van der Waals surface area contributed by atoms with Gasteiger partial charge in [0.25, 0.3) is 0 Å². The minimum Gasteiger partial charge on any atom is -0.492 e. The summed E-state index contributed by atoms with van der Waals surface area (Å²) in [6, 6.07) is 13.2. The highest BCUT2D eigenvalue weighted by atomic mass is 19.1. The van der Waals surface area contributed by atoms with Crippen LogP contribution in [0.3, 0.4) is 0 Å². The SMILES string of the molecule is CC[C@@H](Oc1cccc(CNCCOc2ccc(F)cc2)c1)C(=O)O. The van der Waals surface area contributed by atoms with Crippen molar-refractivity contribution in [3.8, 4) is 11.5 Å². The number of rotatable bonds is 10. The number of hydrogen-bond acceptors (Lipinski definition) is 4. The topological polar surface area (TPSA) is 67.8 Å². The number of ether oxygens (including phenoxy) is 2. The summed E-state index contributed by atoms with van der Waals surface area (Å²) >= 11 is 0. The first-order chi connectivity index (χ1) is 12.1. The first-order valence-electron chi connectivity index (χ1n) is 8.16. The fraction of sp³-hybridized carbons (Fsp3) is 0.316. The van der Waals surface area contributed by atoms with Crippen molar-refractivity contribution < 1.29 is 23.8 Å². The van der Waals surface area contributed by atoms with Gasteiger partial charge >= 0.3 is 5.97 Å². The highest BCUT2D eigenvalue weighted by Gasteiger charge is 2.16. The second-order valence-corrected chi connectivity index (χ2v) is 5.48. The molecule has 2 N–H and O–H groups in total. The monoisotopic (exact) mass is 347 g/mol. The van der Waals surface area contributed by atoms with Crippen molar-refractivity contribution in [2.45, 2.75) is 26.0 Å². The van der Waals surface area contributed by atoms with Gasteiger partial charge in [0.2, 0.25) is 0 Å². The molecule has 0 fully saturated rings. The third kappa shape index (κ3) is 6.43. The normalized spacial score (nSPS) is 11.8. The smallest absolute Gasteiger partial charge is 0.344 e. The van der Waals surface area contributed by atoms with E-state index in [0.29, 0.717) is 37.6 Å². The third-order valence-corrected chi connectivity index (χ3v) is 3.51. The molecule has 5 nitrogen and oxygen atoms in total. The Morgan fingerprint density at radius 3 is 2.64 bits per heavy atom. The van der Waals surface area contributed by atoms with Crippen LogP contribution >= 0.6 is 0 Å². The molecule has 25 heavy (non-hydrogen) atoms. The molecule has 6 heteroatoms. The van der Waals surface area contributed by atoms with Crippen LogP contribution in [0.25, 0.3) is 0 Å². The van der Waals surface area contributed by atoms with Crippen LogP contribution in [0.1, 0.15) is 18.9 Å². The summed E-state index contributed by atoms with van der Waals surface area (Å²) in [4.78, 5) is 11.0. The van der Waals surface area contributed by atoms with E-state index >= 15 is 0 Å². The van der Waals surface area contributed by atoms with Crippen LogP contribution in [-0.2, 0) is 11.3 Å². The van der Waals surface area contributed by atoms with E-state index in [2.05, 4.69) is 5.32 Å². The first-order valence-corrected chi connectivity index (χ1v) is 8.16. The number of hydrogen-bond donors (Lipinski definition) is 2. The van der Waals surface area contributed by atoms with E-state index < -0.39 is 12.1 Å². The molecular formula is C19H22FNO4. The predicted octanol–water partition coefficient (Wildman–Crippen LogP) is 3.24. The summed E-state index contributed by atoms with van der Waals surface area (Å²) in [6.07, 6.45) is -0.439. The first kappa shape index (κ1) is 18.7. The number of carbonyl (C=O) groups is 1. The van der Waals surface area contributed by atoms with Crippen LogP contribution in [0, 0.1) is 5.82 Å². The molecule has 0 radical (unpaired) electrons. The molecule has 2 aromatic rings. The summed E-state index contributed by atoms with van der Waals surface area (Å²) in [7, 11) is 0. The van der Waals surface area contributed by atoms with E-state index in [-0.39, 0.29) is 5.82 Å². The van der Waals surface area contributed by atoms with Gasteiger partial charge in [-0.15, -0.1) is 0 Å². The zero-order valence-electron chi connectivity index (χ0n) is 14.1. The Bertz CT molecular complexity index is 675. The summed E-state index contributed by atoms with van der Waals surface area (Å²) < 4.78 is 23.8. The number of benzene rings is 2. The highest BCUT2D eigenvalue weighted by Crippen LogP contribution is 2.16. The van der Waals surface area contributed by atoms with Crippen LogP contribution in [0.5, 0.6) is 11.5 Å². The standard InChI is InChI=1S/C19H22FNO4/c1-2-18(19(22)23)25-17-5-3-4-14(12-17)13-21-10-11-24-16-8-6-15(20)7-9-16/h3-9,12,18,21H,2,10-11,13H2,1H3,(H,22,23)/t18-/m1/s1. The minimum atomic E-state index is -0.969. The zero-order chi connectivity index (χ0) is 18.1. The third-order valence-electron chi connectivity index (χ3n) is 3.51. The van der Waals surface area contributed by atoms with Gasteiger partial charge in [-0.1, -0.05) is 19.1 Å². The molecule has 134 valence electrons. The fourth-order valence-corrected chi connectivity index (χ4v) is 2.21. The molecule has 0 bridgehead atoms. The van der Waals surface area contributed by atoms with Crippen LogP contribution in [0.15, 0.2) is 48.5 Å². The fourth-order valence-electron chi connectivity index (χ4n) is 2.21. The van der Waals surface area contributed by atoms with Crippen LogP contribution in [0.4, 0.5) is 4.39 Å². The average Bonchev–Trinajstić information content (AvgIpc) is 2.61. The van der Waals surface area contributed by atoms with Crippen molar-refractivity contribution >= 4 is 5.97 Å². The largest absolute Gasteiger partial charge is 0.492 e. The summed E-state index contributed by atoms with van der Waals surface area (Å²) in [5.74, 6) is -0.0984. The Morgan fingerprint density at radius 1 is 1.20 bits per heavy atom. The molecule has 0 unspecified atom stereocenters. The van der Waals surface area contributed by atoms with Gasteiger partial charge < -0.3 is 19.9 Å². The number of nitrogens with one attached hydrogen (secondary N) is 1. The second-order valence-electron chi connectivity index (χ2n) is 5.48. The molecule has 0 heterocycles. The van der Waals surface area contributed by atoms with Crippen LogP contribution in [-0.4, -0.2) is 30.3 Å². The summed E-state index contributed by atoms with van der Waals surface area (Å²) in [5.41, 5.74) is 0.986. The zero-order valence-corrected chi connectivity index (χ0v) is 14.1. The molecule has 1 atom stereocenters. The van der Waals surface area contributed by atoms with Crippen molar-refractivity contribution in [2.24, 2.45) is 0 Å². The molecule has 0 aliphatic carbocycles. The molecule has 0 spiro atoms. The van der Waals surface area contributed by atoms with E-state index in [1.807, 2.05) is 18.2 Å². The van der Waals surface area contributed by atoms with E-state index in [0.717, 1.165) is 5.56 Å². The maximum absolute atomic E-state index is 12.8. The number of carboxylic acid groups (broad SMARTS) is 1. The molecule has 0 aliphatic heterocycles. The predicted molar refractivity (Wildman–Crippen MR) is 92.4 cm³/mol. The van der Waals surface area contributed by atoms with Gasteiger partial charge in [-0.05, 0) is 48.4 Å². The lowest BCUT2D eigenvalue weighted by atomic mass is 10.2. The van der Waals surface area contributed by atoms with Crippen molar-refractivity contribution in [1.82, 2.24) is 5.32 Å². The molecule has 2 aromatic carbocycles. The Hall–Kier alpha value is -2.60. The van der Waals surface area contributed by atoms with E-state index in [1.54, 1.807) is 25.1 Å². The second kappa shape index (κ2) is 9.64. The van der Waals surface area contributed by atoms with Gasteiger partial charge in [-0.25, -0.2) is 9.18 Å². The lowest BCUT2D eigenvalue weighted by molar-refractivity contribution is -0.145. The number of halogens is 1. The molecule has 2 rings (SSSR count). The maximum Gasteiger partial charge on any atom is 0.344 e. The number of carboxylic acids is 1. The van der Waals surface area contributed by atoms with Crippen molar-refractivity contribution in [1.29, 1.82) is 0 Å². The Balaban J connectivity index is 1.74. The lowest BCUT2D eigenvalue weighted by Gasteiger charge is -2.14. The molecule has 0 saturated carbocycles. The Labute approximate surface area is 146 Å². The van der Waals surface area contributed by atoms with Crippen molar-refractivity contribution in [2.75, 3.05) is 13.2 Å². The van der Waals surface area contributed by atoms with E-state index in [4.69, 9.17) is 14.6 Å². The molecule has 0 aromatic heterocycles. The maximum atomic E-state index is 12.8. The number of aliphatic carboxylic acids is 1. The highest BCUT2D eigenvalue weighted by molar-refractivity contribution is 5.72. The van der Waals surface area contributed by atoms with E-state index in [1.165, 1.54) is 12.1 Å². The Morgan fingerprint density at radius 2 is 1.96 bits per heavy atom. The van der Waals surface area contributed by atoms with Gasteiger partial charge in [0.05, 0.1) is 0 Å². The van der Waals surface area contributed by atoms with Crippen molar-refractivity contribution in [3.05, 3.63) is 59.9 Å². The molecule has 0 amide bonds. The van der Waals surface area contributed by atoms with E-state index in [9.17, 15) is 9.18 Å². The summed E-state index contributed by atoms with van der Waals surface area (Å²) in [5, 5.41) is 12.3. The van der Waals surface area contributed by atoms with Gasteiger partial charge in [0.1, 0.15) is 23.9 Å². The molecular weight excluding hydrogens is 325 g/mol. The van der Waals surface area contributed by atoms with Crippen LogP contribution < -0.4 is 14.8 Å². The molecule has 0 saturated heterocycles. The molecule has 0 aliphatic rings. The average molecular weight is 347 g/mol. The summed E-state index contributed by atoms with van der Waals surface area (Å²) in [6.45, 7) is 3.45. The van der Waals surface area contributed by atoms with Gasteiger partial charge in [-0.3, -0.25) is 0 Å².